The summed E-state index contributed by atoms with van der Waals surface area (Å²) in [6.45, 7) is 5.42. The second-order valence-electron chi connectivity index (χ2n) is 5.34. The van der Waals surface area contributed by atoms with Crippen LogP contribution in [0.15, 0.2) is 0 Å². The third-order valence-corrected chi connectivity index (χ3v) is 4.15. The number of piperidine rings is 1. The molecule has 0 bridgehead atoms. The van der Waals surface area contributed by atoms with Crippen LogP contribution in [0, 0.1) is 5.41 Å². The zero-order valence-corrected chi connectivity index (χ0v) is 11.1. The van der Waals surface area contributed by atoms with E-state index in [9.17, 15) is 9.59 Å². The summed E-state index contributed by atoms with van der Waals surface area (Å²) in [6, 6.07) is 0. The molecule has 5 heteroatoms. The predicted octanol–water partition coefficient (Wildman–Crippen LogP) is 0.115. The molecule has 0 aliphatic carbocycles. The molecule has 2 amide bonds. The maximum absolute atomic E-state index is 12.7. The Morgan fingerprint density at radius 3 is 2.89 bits per heavy atom. The van der Waals surface area contributed by atoms with Gasteiger partial charge in [0.2, 0.25) is 11.8 Å². The van der Waals surface area contributed by atoms with Crippen molar-refractivity contribution in [1.29, 1.82) is 0 Å². The summed E-state index contributed by atoms with van der Waals surface area (Å²) in [5.41, 5.74) is -0.289. The third-order valence-electron chi connectivity index (χ3n) is 4.15. The van der Waals surface area contributed by atoms with Crippen LogP contribution in [-0.2, 0) is 9.59 Å². The Labute approximate surface area is 108 Å². The molecule has 2 rings (SSSR count). The highest BCUT2D eigenvalue weighted by Gasteiger charge is 2.41. The van der Waals surface area contributed by atoms with Crippen LogP contribution in [0.1, 0.15) is 32.6 Å². The first kappa shape index (κ1) is 13.3. The Kier molecular flexibility index (Phi) is 4.22. The Morgan fingerprint density at radius 1 is 1.39 bits per heavy atom. The van der Waals surface area contributed by atoms with Crippen molar-refractivity contribution < 1.29 is 9.59 Å². The molecule has 2 fully saturated rings. The fourth-order valence-electron chi connectivity index (χ4n) is 2.92. The molecule has 0 spiro atoms. The van der Waals surface area contributed by atoms with E-state index in [-0.39, 0.29) is 23.8 Å². The van der Waals surface area contributed by atoms with E-state index >= 15 is 0 Å². The standard InChI is InChI=1S/C13H23N3O2/c1-2-13(5-3-6-14-10-13)12(18)16-8-4-7-15-11(17)9-16/h14H,2-10H2,1H3,(H,15,17). The van der Waals surface area contributed by atoms with Crippen LogP contribution in [0.5, 0.6) is 0 Å². The summed E-state index contributed by atoms with van der Waals surface area (Å²) < 4.78 is 0. The van der Waals surface area contributed by atoms with Crippen molar-refractivity contribution in [3.05, 3.63) is 0 Å². The van der Waals surface area contributed by atoms with E-state index in [1.165, 1.54) is 0 Å². The van der Waals surface area contributed by atoms with Gasteiger partial charge in [0.05, 0.1) is 12.0 Å². The van der Waals surface area contributed by atoms with Gasteiger partial charge in [-0.1, -0.05) is 6.92 Å². The average Bonchev–Trinajstić information content (AvgIpc) is 2.63. The highest BCUT2D eigenvalue weighted by atomic mass is 16.2. The Bertz CT molecular complexity index is 324. The summed E-state index contributed by atoms with van der Waals surface area (Å²) >= 11 is 0. The lowest BCUT2D eigenvalue weighted by atomic mass is 9.77. The van der Waals surface area contributed by atoms with Gasteiger partial charge < -0.3 is 15.5 Å². The molecule has 5 nitrogen and oxygen atoms in total. The molecule has 2 aliphatic rings. The SMILES string of the molecule is CCC1(C(=O)N2CCCNC(=O)C2)CCCNC1. The predicted molar refractivity (Wildman–Crippen MR) is 69.0 cm³/mol. The monoisotopic (exact) mass is 253 g/mol. The lowest BCUT2D eigenvalue weighted by molar-refractivity contribution is -0.145. The van der Waals surface area contributed by atoms with Crippen LogP contribution in [-0.4, -0.2) is 49.4 Å². The minimum Gasteiger partial charge on any atom is -0.354 e. The topological polar surface area (TPSA) is 61.4 Å². The summed E-state index contributed by atoms with van der Waals surface area (Å²) in [5, 5.41) is 6.14. The van der Waals surface area contributed by atoms with Crippen molar-refractivity contribution >= 4 is 11.8 Å². The quantitative estimate of drug-likeness (QED) is 0.734. The Hall–Kier alpha value is -1.10. The molecule has 1 atom stereocenters. The van der Waals surface area contributed by atoms with Gasteiger partial charge in [-0.15, -0.1) is 0 Å². The van der Waals surface area contributed by atoms with Crippen LogP contribution in [0.2, 0.25) is 0 Å². The maximum Gasteiger partial charge on any atom is 0.239 e. The van der Waals surface area contributed by atoms with Crippen LogP contribution in [0.3, 0.4) is 0 Å². The van der Waals surface area contributed by atoms with Gasteiger partial charge in [0, 0.05) is 19.6 Å². The normalized spacial score (nSPS) is 29.6. The van der Waals surface area contributed by atoms with Crippen LogP contribution in [0.4, 0.5) is 0 Å². The molecule has 0 aromatic rings. The number of rotatable bonds is 2. The van der Waals surface area contributed by atoms with Gasteiger partial charge >= 0.3 is 0 Å². The molecule has 0 saturated carbocycles. The smallest absolute Gasteiger partial charge is 0.239 e. The van der Waals surface area contributed by atoms with Gasteiger partial charge in [-0.2, -0.15) is 0 Å². The lowest BCUT2D eigenvalue weighted by Crippen LogP contribution is -2.52. The van der Waals surface area contributed by atoms with E-state index in [1.807, 2.05) is 0 Å². The molecule has 18 heavy (non-hydrogen) atoms. The van der Waals surface area contributed by atoms with Gasteiger partial charge in [0.15, 0.2) is 0 Å². The highest BCUT2D eigenvalue weighted by Crippen LogP contribution is 2.32. The van der Waals surface area contributed by atoms with Crippen molar-refractivity contribution in [2.75, 3.05) is 32.7 Å². The molecular weight excluding hydrogens is 230 g/mol. The first-order chi connectivity index (χ1) is 8.68. The molecular formula is C13H23N3O2. The number of nitrogens with zero attached hydrogens (tertiary/aromatic N) is 1. The number of hydrogen-bond donors (Lipinski definition) is 2. The molecule has 1 unspecified atom stereocenters. The van der Waals surface area contributed by atoms with Gasteiger partial charge in [-0.25, -0.2) is 0 Å². The van der Waals surface area contributed by atoms with E-state index < -0.39 is 0 Å². The summed E-state index contributed by atoms with van der Waals surface area (Å²) in [7, 11) is 0. The van der Waals surface area contributed by atoms with Crippen molar-refractivity contribution in [2.45, 2.75) is 32.6 Å². The zero-order chi connectivity index (χ0) is 13.0. The number of carbonyl (C=O) groups excluding carboxylic acids is 2. The van der Waals surface area contributed by atoms with Gasteiger partial charge in [0.1, 0.15) is 0 Å². The number of nitrogens with one attached hydrogen (secondary N) is 2. The molecule has 2 aliphatic heterocycles. The first-order valence-corrected chi connectivity index (χ1v) is 6.95. The lowest BCUT2D eigenvalue weighted by Gasteiger charge is -2.39. The minimum atomic E-state index is -0.289. The van der Waals surface area contributed by atoms with Crippen LogP contribution < -0.4 is 10.6 Å². The van der Waals surface area contributed by atoms with Gasteiger partial charge in [-0.3, -0.25) is 9.59 Å². The second kappa shape index (κ2) is 5.69. The molecule has 0 aromatic carbocycles. The van der Waals surface area contributed by atoms with Crippen LogP contribution in [0.25, 0.3) is 0 Å². The molecule has 102 valence electrons. The summed E-state index contributed by atoms with van der Waals surface area (Å²) in [4.78, 5) is 26.0. The van der Waals surface area contributed by atoms with Crippen molar-refractivity contribution in [3.63, 3.8) is 0 Å². The summed E-state index contributed by atoms with van der Waals surface area (Å²) in [5.74, 6) is 0.130. The van der Waals surface area contributed by atoms with E-state index in [0.717, 1.165) is 38.8 Å². The average molecular weight is 253 g/mol. The maximum atomic E-state index is 12.7. The summed E-state index contributed by atoms with van der Waals surface area (Å²) in [6.07, 6.45) is 3.68. The molecule has 0 aromatic heterocycles. The molecule has 2 saturated heterocycles. The fourth-order valence-corrected chi connectivity index (χ4v) is 2.92. The number of hydrogen-bond acceptors (Lipinski definition) is 3. The largest absolute Gasteiger partial charge is 0.354 e. The Morgan fingerprint density at radius 2 is 2.22 bits per heavy atom. The molecule has 2 heterocycles. The number of carbonyl (C=O) groups is 2. The Balaban J connectivity index is 2.09. The van der Waals surface area contributed by atoms with E-state index in [2.05, 4.69) is 17.6 Å². The highest BCUT2D eigenvalue weighted by molar-refractivity contribution is 5.88. The minimum absolute atomic E-state index is 0.0316. The second-order valence-corrected chi connectivity index (χ2v) is 5.34. The van der Waals surface area contributed by atoms with Crippen molar-refractivity contribution in [3.8, 4) is 0 Å². The van der Waals surface area contributed by atoms with Gasteiger partial charge in [0.25, 0.3) is 0 Å². The molecule has 0 radical (unpaired) electrons. The van der Waals surface area contributed by atoms with Crippen LogP contribution >= 0.6 is 0 Å². The fraction of sp³-hybridized carbons (Fsp3) is 0.846. The van der Waals surface area contributed by atoms with E-state index in [1.54, 1.807) is 4.90 Å². The van der Waals surface area contributed by atoms with Crippen molar-refractivity contribution in [1.82, 2.24) is 15.5 Å². The van der Waals surface area contributed by atoms with Crippen molar-refractivity contribution in [2.24, 2.45) is 5.41 Å². The zero-order valence-electron chi connectivity index (χ0n) is 11.1. The molecule has 2 N–H and O–H groups in total. The van der Waals surface area contributed by atoms with Gasteiger partial charge in [-0.05, 0) is 32.2 Å². The van der Waals surface area contributed by atoms with E-state index in [4.69, 9.17) is 0 Å². The number of amides is 2. The first-order valence-electron chi connectivity index (χ1n) is 6.95. The third kappa shape index (κ3) is 2.66. The van der Waals surface area contributed by atoms with E-state index in [0.29, 0.717) is 13.1 Å².